The van der Waals surface area contributed by atoms with E-state index in [1.165, 1.54) is 0 Å². The number of hydrogen-bond acceptors (Lipinski definition) is 4. The van der Waals surface area contributed by atoms with Crippen LogP contribution in [0.2, 0.25) is 0 Å². The third kappa shape index (κ3) is 3.15. The number of ether oxygens (including phenoxy) is 3. The Morgan fingerprint density at radius 3 is 2.61 bits per heavy atom. The van der Waals surface area contributed by atoms with Crippen LogP contribution >= 0.6 is 0 Å². The first-order valence-electron chi connectivity index (χ1n) is 6.40. The van der Waals surface area contributed by atoms with Crippen molar-refractivity contribution in [3.8, 4) is 11.5 Å². The standard InChI is InChI=1S/C14H21NO3/c1-10(2)18-14(9-15-3)11-4-5-12-13(8-11)17-7-6-16-12/h4-5,8,10,14-15H,6-7,9H2,1-3H3/t14-/m0/s1. The van der Waals surface area contributed by atoms with Crippen LogP contribution in [0.3, 0.4) is 0 Å². The highest BCUT2D eigenvalue weighted by Gasteiger charge is 2.17. The van der Waals surface area contributed by atoms with E-state index in [0.29, 0.717) is 13.2 Å². The van der Waals surface area contributed by atoms with Gasteiger partial charge in [0, 0.05) is 6.54 Å². The van der Waals surface area contributed by atoms with E-state index < -0.39 is 0 Å². The van der Waals surface area contributed by atoms with Crippen molar-refractivity contribution in [1.82, 2.24) is 5.32 Å². The fourth-order valence-corrected chi connectivity index (χ4v) is 2.02. The van der Waals surface area contributed by atoms with Gasteiger partial charge in [0.25, 0.3) is 0 Å². The summed E-state index contributed by atoms with van der Waals surface area (Å²) in [5, 5.41) is 3.15. The Kier molecular flexibility index (Phi) is 4.44. The van der Waals surface area contributed by atoms with Crippen molar-refractivity contribution in [2.24, 2.45) is 0 Å². The number of benzene rings is 1. The normalized spacial score (nSPS) is 15.8. The number of nitrogens with one attached hydrogen (secondary N) is 1. The molecule has 0 saturated heterocycles. The molecule has 0 fully saturated rings. The fraction of sp³-hybridized carbons (Fsp3) is 0.571. The third-order valence-electron chi connectivity index (χ3n) is 2.76. The summed E-state index contributed by atoms with van der Waals surface area (Å²) >= 11 is 0. The molecule has 18 heavy (non-hydrogen) atoms. The molecule has 1 atom stereocenters. The van der Waals surface area contributed by atoms with Crippen LogP contribution in [0.4, 0.5) is 0 Å². The zero-order valence-electron chi connectivity index (χ0n) is 11.2. The molecule has 4 heteroatoms. The molecular weight excluding hydrogens is 230 g/mol. The first kappa shape index (κ1) is 13.2. The zero-order valence-corrected chi connectivity index (χ0v) is 11.2. The van der Waals surface area contributed by atoms with Gasteiger partial charge in [0.1, 0.15) is 13.2 Å². The van der Waals surface area contributed by atoms with Crippen LogP contribution < -0.4 is 14.8 Å². The van der Waals surface area contributed by atoms with Crippen molar-refractivity contribution in [3.05, 3.63) is 23.8 Å². The van der Waals surface area contributed by atoms with Crippen molar-refractivity contribution in [2.45, 2.75) is 26.1 Å². The molecule has 0 bridgehead atoms. The summed E-state index contributed by atoms with van der Waals surface area (Å²) in [5.74, 6) is 1.63. The number of rotatable bonds is 5. The molecule has 0 radical (unpaired) electrons. The van der Waals surface area contributed by atoms with Crippen molar-refractivity contribution in [3.63, 3.8) is 0 Å². The average molecular weight is 251 g/mol. The molecule has 0 aromatic heterocycles. The highest BCUT2D eigenvalue weighted by Crippen LogP contribution is 2.33. The minimum Gasteiger partial charge on any atom is -0.486 e. The van der Waals surface area contributed by atoms with E-state index >= 15 is 0 Å². The molecule has 0 aliphatic carbocycles. The maximum Gasteiger partial charge on any atom is 0.161 e. The van der Waals surface area contributed by atoms with Crippen molar-refractivity contribution in [2.75, 3.05) is 26.8 Å². The van der Waals surface area contributed by atoms with Crippen LogP contribution in [0.1, 0.15) is 25.5 Å². The Labute approximate surface area is 108 Å². The maximum atomic E-state index is 5.91. The highest BCUT2D eigenvalue weighted by atomic mass is 16.6. The Morgan fingerprint density at radius 1 is 1.22 bits per heavy atom. The second kappa shape index (κ2) is 6.07. The van der Waals surface area contributed by atoms with Crippen molar-refractivity contribution < 1.29 is 14.2 Å². The zero-order chi connectivity index (χ0) is 13.0. The van der Waals surface area contributed by atoms with Crippen LogP contribution in [0.15, 0.2) is 18.2 Å². The van der Waals surface area contributed by atoms with Gasteiger partial charge in [0.05, 0.1) is 12.2 Å². The monoisotopic (exact) mass is 251 g/mol. The van der Waals surface area contributed by atoms with Gasteiger partial charge < -0.3 is 19.5 Å². The van der Waals surface area contributed by atoms with Gasteiger partial charge in [0.2, 0.25) is 0 Å². The van der Waals surface area contributed by atoms with Gasteiger partial charge in [-0.1, -0.05) is 6.07 Å². The van der Waals surface area contributed by atoms with Gasteiger partial charge in [-0.2, -0.15) is 0 Å². The molecule has 0 amide bonds. The lowest BCUT2D eigenvalue weighted by atomic mass is 10.1. The Bertz CT molecular complexity index is 393. The fourth-order valence-electron chi connectivity index (χ4n) is 2.02. The molecule has 0 spiro atoms. The van der Waals surface area contributed by atoms with Gasteiger partial charge in [0.15, 0.2) is 11.5 Å². The van der Waals surface area contributed by atoms with E-state index in [-0.39, 0.29) is 12.2 Å². The summed E-state index contributed by atoms with van der Waals surface area (Å²) in [5.41, 5.74) is 1.11. The summed E-state index contributed by atoms with van der Waals surface area (Å²) in [6, 6.07) is 6.01. The van der Waals surface area contributed by atoms with Crippen molar-refractivity contribution >= 4 is 0 Å². The first-order chi connectivity index (χ1) is 8.70. The van der Waals surface area contributed by atoms with E-state index in [0.717, 1.165) is 23.6 Å². The Hall–Kier alpha value is -1.26. The van der Waals surface area contributed by atoms with E-state index in [9.17, 15) is 0 Å². The SMILES string of the molecule is CNC[C@H](OC(C)C)c1ccc2c(c1)OCCO2. The molecule has 0 unspecified atom stereocenters. The second-order valence-electron chi connectivity index (χ2n) is 4.63. The van der Waals surface area contributed by atoms with E-state index in [1.54, 1.807) is 0 Å². The predicted octanol–water partition coefficient (Wildman–Crippen LogP) is 2.14. The molecule has 1 aliphatic rings. The molecule has 1 N–H and O–H groups in total. The molecular formula is C14H21NO3. The Balaban J connectivity index is 2.18. The smallest absolute Gasteiger partial charge is 0.161 e. The van der Waals surface area contributed by atoms with Gasteiger partial charge >= 0.3 is 0 Å². The summed E-state index contributed by atoms with van der Waals surface area (Å²) in [7, 11) is 1.93. The van der Waals surface area contributed by atoms with E-state index in [4.69, 9.17) is 14.2 Å². The lowest BCUT2D eigenvalue weighted by molar-refractivity contribution is 0.00788. The predicted molar refractivity (Wildman–Crippen MR) is 70.3 cm³/mol. The Morgan fingerprint density at radius 2 is 1.94 bits per heavy atom. The lowest BCUT2D eigenvalue weighted by Gasteiger charge is -2.23. The molecule has 1 aromatic rings. The molecule has 4 nitrogen and oxygen atoms in total. The topological polar surface area (TPSA) is 39.7 Å². The average Bonchev–Trinajstić information content (AvgIpc) is 2.37. The quantitative estimate of drug-likeness (QED) is 0.870. The van der Waals surface area contributed by atoms with Crippen LogP contribution in [-0.4, -0.2) is 32.9 Å². The summed E-state index contributed by atoms with van der Waals surface area (Å²) in [4.78, 5) is 0. The molecule has 1 aliphatic heterocycles. The van der Waals surface area contributed by atoms with E-state index in [2.05, 4.69) is 5.32 Å². The van der Waals surface area contributed by atoms with Gasteiger partial charge in [-0.05, 0) is 38.6 Å². The van der Waals surface area contributed by atoms with Crippen LogP contribution in [-0.2, 0) is 4.74 Å². The highest BCUT2D eigenvalue weighted by molar-refractivity contribution is 5.44. The lowest BCUT2D eigenvalue weighted by Crippen LogP contribution is -2.23. The largest absolute Gasteiger partial charge is 0.486 e. The van der Waals surface area contributed by atoms with Crippen LogP contribution in [0, 0.1) is 0 Å². The molecule has 100 valence electrons. The molecule has 2 rings (SSSR count). The number of likely N-dealkylation sites (N-methyl/N-ethyl adjacent to an activating group) is 1. The molecule has 1 aromatic carbocycles. The molecule has 1 heterocycles. The van der Waals surface area contributed by atoms with Gasteiger partial charge in [-0.25, -0.2) is 0 Å². The number of fused-ring (bicyclic) bond motifs is 1. The van der Waals surface area contributed by atoms with Crippen LogP contribution in [0.5, 0.6) is 11.5 Å². The number of hydrogen-bond donors (Lipinski definition) is 1. The summed E-state index contributed by atoms with van der Waals surface area (Å²) < 4.78 is 17.0. The van der Waals surface area contributed by atoms with Gasteiger partial charge in [-0.15, -0.1) is 0 Å². The third-order valence-corrected chi connectivity index (χ3v) is 2.76. The van der Waals surface area contributed by atoms with Crippen LogP contribution in [0.25, 0.3) is 0 Å². The molecule has 0 saturated carbocycles. The van der Waals surface area contributed by atoms with E-state index in [1.807, 2.05) is 39.1 Å². The second-order valence-corrected chi connectivity index (χ2v) is 4.63. The summed E-state index contributed by atoms with van der Waals surface area (Å²) in [6.45, 7) is 6.09. The minimum atomic E-state index is 0.0332. The summed E-state index contributed by atoms with van der Waals surface area (Å²) in [6.07, 6.45) is 0.224. The van der Waals surface area contributed by atoms with Gasteiger partial charge in [-0.3, -0.25) is 0 Å². The van der Waals surface area contributed by atoms with Crippen molar-refractivity contribution in [1.29, 1.82) is 0 Å². The first-order valence-corrected chi connectivity index (χ1v) is 6.40. The minimum absolute atomic E-state index is 0.0332. The maximum absolute atomic E-state index is 5.91.